The second-order valence-electron chi connectivity index (χ2n) is 6.88. The van der Waals surface area contributed by atoms with E-state index in [1.54, 1.807) is 6.20 Å². The van der Waals surface area contributed by atoms with E-state index in [0.717, 1.165) is 30.5 Å². The van der Waals surface area contributed by atoms with Gasteiger partial charge in [0.2, 0.25) is 5.95 Å². The summed E-state index contributed by atoms with van der Waals surface area (Å²) < 4.78 is 43.5. The first-order valence-electron chi connectivity index (χ1n) is 9.36. The van der Waals surface area contributed by atoms with E-state index in [1.165, 1.54) is 17.0 Å². The molecule has 10 heteroatoms. The molecular formula is C19H20F3N5O2. The first-order chi connectivity index (χ1) is 13.9. The molecule has 1 saturated heterocycles. The van der Waals surface area contributed by atoms with Gasteiger partial charge < -0.3 is 15.0 Å². The van der Waals surface area contributed by atoms with Gasteiger partial charge in [-0.3, -0.25) is 4.90 Å². The molecule has 2 aliphatic heterocycles. The number of morpholine rings is 1. The summed E-state index contributed by atoms with van der Waals surface area (Å²) in [7, 11) is 0. The quantitative estimate of drug-likeness (QED) is 0.827. The molecule has 0 spiro atoms. The highest BCUT2D eigenvalue weighted by Gasteiger charge is 2.30. The number of amides is 2. The van der Waals surface area contributed by atoms with E-state index in [2.05, 4.69) is 15.3 Å². The summed E-state index contributed by atoms with van der Waals surface area (Å²) in [4.78, 5) is 25.3. The number of fused-ring (bicyclic) bond motifs is 1. The average Bonchev–Trinajstić information content (AvgIpc) is 2.73. The van der Waals surface area contributed by atoms with Gasteiger partial charge in [-0.05, 0) is 37.1 Å². The summed E-state index contributed by atoms with van der Waals surface area (Å²) in [6.07, 6.45) is -1.15. The van der Waals surface area contributed by atoms with E-state index in [9.17, 15) is 18.0 Å². The molecule has 4 rings (SSSR count). The Hall–Kier alpha value is -2.88. The molecule has 2 aliphatic rings. The van der Waals surface area contributed by atoms with Gasteiger partial charge in [-0.25, -0.2) is 9.78 Å². The normalized spacial score (nSPS) is 17.1. The Morgan fingerprint density at radius 2 is 1.83 bits per heavy atom. The number of nitrogens with zero attached hydrogens (tertiary/aromatic N) is 4. The van der Waals surface area contributed by atoms with Crippen molar-refractivity contribution in [2.75, 3.05) is 48.0 Å². The number of alkyl halides is 3. The number of aromatic nitrogens is 2. The van der Waals surface area contributed by atoms with Crippen LogP contribution in [0.1, 0.15) is 17.5 Å². The maximum absolute atomic E-state index is 12.8. The van der Waals surface area contributed by atoms with Gasteiger partial charge in [-0.1, -0.05) is 0 Å². The molecule has 0 unspecified atom stereocenters. The minimum atomic E-state index is -4.42. The molecule has 1 N–H and O–H groups in total. The molecule has 154 valence electrons. The largest absolute Gasteiger partial charge is 0.416 e. The van der Waals surface area contributed by atoms with Crippen molar-refractivity contribution in [3.8, 4) is 0 Å². The van der Waals surface area contributed by atoms with Crippen molar-refractivity contribution in [1.82, 2.24) is 9.97 Å². The minimum Gasteiger partial charge on any atom is -0.378 e. The van der Waals surface area contributed by atoms with Gasteiger partial charge >= 0.3 is 12.2 Å². The second-order valence-corrected chi connectivity index (χ2v) is 6.88. The van der Waals surface area contributed by atoms with Crippen LogP contribution >= 0.6 is 0 Å². The van der Waals surface area contributed by atoms with Gasteiger partial charge in [0.25, 0.3) is 0 Å². The van der Waals surface area contributed by atoms with Crippen molar-refractivity contribution in [1.29, 1.82) is 0 Å². The number of carbonyl (C=O) groups excluding carboxylic acids is 1. The number of aryl methyl sites for hydroxylation is 1. The number of halogens is 3. The maximum Gasteiger partial charge on any atom is 0.416 e. The van der Waals surface area contributed by atoms with E-state index >= 15 is 0 Å². The summed E-state index contributed by atoms with van der Waals surface area (Å²) >= 11 is 0. The number of benzene rings is 1. The van der Waals surface area contributed by atoms with Gasteiger partial charge in [0.15, 0.2) is 0 Å². The summed E-state index contributed by atoms with van der Waals surface area (Å²) in [5.41, 5.74) is 0.398. The van der Waals surface area contributed by atoms with Crippen LogP contribution in [0.3, 0.4) is 0 Å². The molecule has 3 heterocycles. The number of carbonyl (C=O) groups is 1. The van der Waals surface area contributed by atoms with E-state index in [-0.39, 0.29) is 5.69 Å². The highest BCUT2D eigenvalue weighted by molar-refractivity contribution is 6.01. The summed E-state index contributed by atoms with van der Waals surface area (Å²) in [5.74, 6) is 1.08. The molecule has 0 saturated carbocycles. The Bertz CT molecular complexity index is 882. The van der Waals surface area contributed by atoms with Crippen LogP contribution in [0.15, 0.2) is 30.5 Å². The monoisotopic (exact) mass is 407 g/mol. The number of urea groups is 1. The highest BCUT2D eigenvalue weighted by Crippen LogP contribution is 2.30. The number of hydrogen-bond donors (Lipinski definition) is 1. The minimum absolute atomic E-state index is 0.289. The van der Waals surface area contributed by atoms with Crippen molar-refractivity contribution in [2.24, 2.45) is 0 Å². The number of hydrogen-bond acceptors (Lipinski definition) is 5. The molecule has 1 fully saturated rings. The topological polar surface area (TPSA) is 70.6 Å². The lowest BCUT2D eigenvalue weighted by Crippen LogP contribution is -2.41. The molecule has 0 atom stereocenters. The number of rotatable bonds is 2. The van der Waals surface area contributed by atoms with E-state index in [1.807, 2.05) is 4.90 Å². The Morgan fingerprint density at radius 3 is 2.52 bits per heavy atom. The SMILES string of the molecule is O=C(Nc1ccc(C(F)(F)F)cc1)N1CCCc2cnc(N3CCOCC3)nc21. The first-order valence-corrected chi connectivity index (χ1v) is 9.36. The number of nitrogens with one attached hydrogen (secondary N) is 1. The molecule has 7 nitrogen and oxygen atoms in total. The van der Waals surface area contributed by atoms with Crippen molar-refractivity contribution in [3.05, 3.63) is 41.6 Å². The zero-order valence-electron chi connectivity index (χ0n) is 15.6. The summed E-state index contributed by atoms with van der Waals surface area (Å²) in [5, 5.41) is 2.66. The fourth-order valence-corrected chi connectivity index (χ4v) is 3.38. The van der Waals surface area contributed by atoms with Gasteiger partial charge in [0.1, 0.15) is 5.82 Å². The van der Waals surface area contributed by atoms with Crippen LogP contribution in [-0.2, 0) is 17.3 Å². The maximum atomic E-state index is 12.8. The Labute approximate surface area is 165 Å². The van der Waals surface area contributed by atoms with Crippen LogP contribution in [0.5, 0.6) is 0 Å². The zero-order chi connectivity index (χ0) is 20.4. The van der Waals surface area contributed by atoms with E-state index in [0.29, 0.717) is 44.6 Å². The lowest BCUT2D eigenvalue weighted by Gasteiger charge is -2.31. The van der Waals surface area contributed by atoms with Crippen LogP contribution in [0.2, 0.25) is 0 Å². The Balaban J connectivity index is 1.52. The molecular weight excluding hydrogens is 387 g/mol. The number of anilines is 3. The molecule has 1 aromatic carbocycles. The lowest BCUT2D eigenvalue weighted by molar-refractivity contribution is -0.137. The van der Waals surface area contributed by atoms with E-state index < -0.39 is 17.8 Å². The molecule has 2 amide bonds. The fourth-order valence-electron chi connectivity index (χ4n) is 3.38. The van der Waals surface area contributed by atoms with Crippen LogP contribution in [0, 0.1) is 0 Å². The van der Waals surface area contributed by atoms with Gasteiger partial charge in [0, 0.05) is 37.1 Å². The molecule has 2 aromatic rings. The van der Waals surface area contributed by atoms with Gasteiger partial charge in [-0.15, -0.1) is 0 Å². The van der Waals surface area contributed by atoms with Crippen molar-refractivity contribution in [2.45, 2.75) is 19.0 Å². The van der Waals surface area contributed by atoms with Crippen molar-refractivity contribution >= 4 is 23.5 Å². The van der Waals surface area contributed by atoms with Crippen molar-refractivity contribution < 1.29 is 22.7 Å². The molecule has 1 aromatic heterocycles. The smallest absolute Gasteiger partial charge is 0.378 e. The average molecular weight is 407 g/mol. The second kappa shape index (κ2) is 7.86. The molecule has 0 radical (unpaired) electrons. The molecule has 0 bridgehead atoms. The molecule has 29 heavy (non-hydrogen) atoms. The van der Waals surface area contributed by atoms with Crippen molar-refractivity contribution in [3.63, 3.8) is 0 Å². The summed E-state index contributed by atoms with van der Waals surface area (Å²) in [6.45, 7) is 3.02. The van der Waals surface area contributed by atoms with Crippen LogP contribution in [0.4, 0.5) is 35.4 Å². The lowest BCUT2D eigenvalue weighted by atomic mass is 10.1. The van der Waals surface area contributed by atoms with Crippen LogP contribution < -0.4 is 15.1 Å². The first kappa shape index (κ1) is 19.4. The predicted molar refractivity (Wildman–Crippen MR) is 101 cm³/mol. The third-order valence-electron chi connectivity index (χ3n) is 4.92. The van der Waals surface area contributed by atoms with Crippen LogP contribution in [0.25, 0.3) is 0 Å². The standard InChI is InChI=1S/C19H20F3N5O2/c20-19(21,22)14-3-5-15(6-4-14)24-18(28)27-7-1-2-13-12-23-17(25-16(13)27)26-8-10-29-11-9-26/h3-6,12H,1-2,7-11H2,(H,24,28). The highest BCUT2D eigenvalue weighted by atomic mass is 19.4. The fraction of sp³-hybridized carbons (Fsp3) is 0.421. The zero-order valence-corrected chi connectivity index (χ0v) is 15.6. The number of ether oxygens (including phenoxy) is 1. The van der Waals surface area contributed by atoms with E-state index in [4.69, 9.17) is 4.74 Å². The Morgan fingerprint density at radius 1 is 1.10 bits per heavy atom. The summed E-state index contributed by atoms with van der Waals surface area (Å²) in [6, 6.07) is 3.93. The Kier molecular flexibility index (Phi) is 5.27. The van der Waals surface area contributed by atoms with Crippen LogP contribution in [-0.4, -0.2) is 48.8 Å². The molecule has 0 aliphatic carbocycles. The third kappa shape index (κ3) is 4.26. The third-order valence-corrected chi connectivity index (χ3v) is 4.92. The van der Waals surface area contributed by atoms with Gasteiger partial charge in [-0.2, -0.15) is 18.2 Å². The van der Waals surface area contributed by atoms with Gasteiger partial charge in [0.05, 0.1) is 18.8 Å². The predicted octanol–water partition coefficient (Wildman–Crippen LogP) is 3.32.